The van der Waals surface area contributed by atoms with Crippen molar-refractivity contribution in [3.8, 4) is 0 Å². The molecule has 3 heteroatoms. The van der Waals surface area contributed by atoms with Crippen LogP contribution in [0, 0.1) is 4.84 Å². The molecular formula is C16H27NOS. The lowest BCUT2D eigenvalue weighted by Crippen LogP contribution is -1.79. The molecule has 0 fully saturated rings. The summed E-state index contributed by atoms with van der Waals surface area (Å²) in [4.78, 5) is 3.29. The van der Waals surface area contributed by atoms with Crippen LogP contribution in [0.2, 0.25) is 0 Å². The smallest absolute Gasteiger partial charge is 0.266 e. The molecule has 1 rings (SSSR count). The molecule has 1 aromatic rings. The minimum Gasteiger partial charge on any atom is -0.429 e. The van der Waals surface area contributed by atoms with Gasteiger partial charge in [0.1, 0.15) is 0 Å². The van der Waals surface area contributed by atoms with Gasteiger partial charge >= 0.3 is 0 Å². The summed E-state index contributed by atoms with van der Waals surface area (Å²) in [5.74, 6) is 0.721. The monoisotopic (exact) mass is 281 g/mol. The Morgan fingerprint density at radius 3 is 2.26 bits per heavy atom. The van der Waals surface area contributed by atoms with Gasteiger partial charge in [-0.3, -0.25) is 0 Å². The summed E-state index contributed by atoms with van der Waals surface area (Å²) in [6.07, 6.45) is 7.53. The second-order valence-electron chi connectivity index (χ2n) is 3.17. The van der Waals surface area contributed by atoms with Crippen molar-refractivity contribution < 1.29 is 4.42 Å². The van der Waals surface area contributed by atoms with E-state index >= 15 is 0 Å². The SMILES string of the molecule is C=C/C(=C\c1oc(=S)[nH]c1C=C)CCC.CC.CC. The molecule has 1 heterocycles. The van der Waals surface area contributed by atoms with Crippen molar-refractivity contribution in [2.24, 2.45) is 0 Å². The molecule has 0 saturated carbocycles. The number of aromatic amines is 1. The van der Waals surface area contributed by atoms with Gasteiger partial charge in [0, 0.05) is 0 Å². The van der Waals surface area contributed by atoms with E-state index in [1.807, 2.05) is 39.8 Å². The molecule has 0 unspecified atom stereocenters. The van der Waals surface area contributed by atoms with E-state index < -0.39 is 0 Å². The van der Waals surface area contributed by atoms with Gasteiger partial charge in [-0.15, -0.1) is 0 Å². The van der Waals surface area contributed by atoms with E-state index in [1.54, 1.807) is 6.08 Å². The van der Waals surface area contributed by atoms with Crippen molar-refractivity contribution in [1.82, 2.24) is 4.98 Å². The molecule has 0 amide bonds. The molecule has 0 atom stereocenters. The minimum atomic E-state index is 0.371. The first-order valence-corrected chi connectivity index (χ1v) is 7.30. The van der Waals surface area contributed by atoms with E-state index in [1.165, 1.54) is 0 Å². The second kappa shape index (κ2) is 13.1. The third kappa shape index (κ3) is 7.62. The van der Waals surface area contributed by atoms with Gasteiger partial charge in [0.15, 0.2) is 5.76 Å². The van der Waals surface area contributed by atoms with E-state index in [9.17, 15) is 0 Å². The highest BCUT2D eigenvalue weighted by molar-refractivity contribution is 7.71. The Kier molecular flexibility index (Phi) is 13.8. The highest BCUT2D eigenvalue weighted by Gasteiger charge is 2.02. The summed E-state index contributed by atoms with van der Waals surface area (Å²) in [6, 6.07) is 0. The molecule has 19 heavy (non-hydrogen) atoms. The second-order valence-corrected chi connectivity index (χ2v) is 3.54. The van der Waals surface area contributed by atoms with Gasteiger partial charge in [0.25, 0.3) is 4.84 Å². The highest BCUT2D eigenvalue weighted by atomic mass is 32.1. The Hall–Kier alpha value is -1.35. The summed E-state index contributed by atoms with van der Waals surface area (Å²) in [5.41, 5.74) is 1.95. The average molecular weight is 281 g/mol. The molecule has 0 radical (unpaired) electrons. The average Bonchev–Trinajstić information content (AvgIpc) is 2.82. The van der Waals surface area contributed by atoms with Crippen molar-refractivity contribution in [2.75, 3.05) is 0 Å². The Morgan fingerprint density at radius 2 is 1.84 bits per heavy atom. The molecule has 108 valence electrons. The summed E-state index contributed by atoms with van der Waals surface area (Å²) in [7, 11) is 0. The normalized spacial score (nSPS) is 9.63. The maximum absolute atomic E-state index is 5.35. The molecule has 1 aromatic heterocycles. The highest BCUT2D eigenvalue weighted by Crippen LogP contribution is 2.17. The van der Waals surface area contributed by atoms with Crippen molar-refractivity contribution in [3.63, 3.8) is 0 Å². The fourth-order valence-electron chi connectivity index (χ4n) is 1.30. The van der Waals surface area contributed by atoms with Crippen LogP contribution in [0.4, 0.5) is 0 Å². The maximum atomic E-state index is 5.35. The lowest BCUT2D eigenvalue weighted by atomic mass is 10.1. The van der Waals surface area contributed by atoms with E-state index in [-0.39, 0.29) is 0 Å². The van der Waals surface area contributed by atoms with Gasteiger partial charge in [-0.25, -0.2) is 0 Å². The molecule has 0 aromatic carbocycles. The van der Waals surface area contributed by atoms with Crippen LogP contribution in [0.1, 0.15) is 58.9 Å². The largest absolute Gasteiger partial charge is 0.429 e. The zero-order valence-corrected chi connectivity index (χ0v) is 13.7. The summed E-state index contributed by atoms with van der Waals surface area (Å²) >= 11 is 4.92. The lowest BCUT2D eigenvalue weighted by Gasteiger charge is -1.97. The topological polar surface area (TPSA) is 28.9 Å². The molecule has 0 bridgehead atoms. The van der Waals surface area contributed by atoms with Crippen molar-refractivity contribution in [3.05, 3.63) is 41.1 Å². The van der Waals surface area contributed by atoms with Crippen LogP contribution in [0.3, 0.4) is 0 Å². The van der Waals surface area contributed by atoms with Crippen molar-refractivity contribution in [2.45, 2.75) is 47.5 Å². The zero-order valence-electron chi connectivity index (χ0n) is 12.9. The number of rotatable bonds is 5. The first kappa shape index (κ1) is 20.0. The van der Waals surface area contributed by atoms with Crippen LogP contribution in [-0.4, -0.2) is 4.98 Å². The van der Waals surface area contributed by atoms with Gasteiger partial charge < -0.3 is 9.40 Å². The van der Waals surface area contributed by atoms with E-state index in [4.69, 9.17) is 16.6 Å². The number of nitrogens with one attached hydrogen (secondary N) is 1. The Labute approximate surface area is 122 Å². The van der Waals surface area contributed by atoms with Gasteiger partial charge in [-0.05, 0) is 36.4 Å². The Morgan fingerprint density at radius 1 is 1.26 bits per heavy atom. The molecule has 0 aliphatic heterocycles. The molecule has 0 aliphatic carbocycles. The first-order valence-electron chi connectivity index (χ1n) is 6.89. The van der Waals surface area contributed by atoms with E-state index in [0.717, 1.165) is 29.9 Å². The predicted octanol–water partition coefficient (Wildman–Crippen LogP) is 6.40. The van der Waals surface area contributed by atoms with Crippen LogP contribution in [0.15, 0.2) is 29.2 Å². The molecular weight excluding hydrogens is 254 g/mol. The van der Waals surface area contributed by atoms with Crippen LogP contribution in [0.5, 0.6) is 0 Å². The molecule has 0 saturated heterocycles. The van der Waals surface area contributed by atoms with Gasteiger partial charge in [-0.2, -0.15) is 0 Å². The summed E-state index contributed by atoms with van der Waals surface area (Å²) < 4.78 is 5.35. The maximum Gasteiger partial charge on any atom is 0.266 e. The van der Waals surface area contributed by atoms with E-state index in [2.05, 4.69) is 25.1 Å². The number of H-pyrrole nitrogens is 1. The van der Waals surface area contributed by atoms with Gasteiger partial charge in [0.2, 0.25) is 0 Å². The Balaban J connectivity index is 0. The summed E-state index contributed by atoms with van der Waals surface area (Å²) in [6.45, 7) is 17.6. The fraction of sp³-hybridized carbons (Fsp3) is 0.438. The van der Waals surface area contributed by atoms with E-state index in [0.29, 0.717) is 4.84 Å². The first-order chi connectivity index (χ1) is 9.21. The molecule has 0 spiro atoms. The molecule has 2 nitrogen and oxygen atoms in total. The van der Waals surface area contributed by atoms with Crippen molar-refractivity contribution in [1.29, 1.82) is 0 Å². The number of aromatic nitrogens is 1. The van der Waals surface area contributed by atoms with Crippen LogP contribution < -0.4 is 0 Å². The standard InChI is InChI=1S/C12H15NOS.2C2H6/c1-4-7-9(5-2)8-11-10(6-3)13-12(15)14-11;2*1-2/h5-6,8H,2-4,7H2,1H3,(H,13,15);2*1-2H3/b9-8+;;. The van der Waals surface area contributed by atoms with Crippen LogP contribution in [0.25, 0.3) is 12.2 Å². The Bertz CT molecular complexity index is 438. The van der Waals surface area contributed by atoms with Gasteiger partial charge in [0.05, 0.1) is 5.69 Å². The zero-order chi connectivity index (χ0) is 15.3. The summed E-state index contributed by atoms with van der Waals surface area (Å²) in [5, 5.41) is 0. The number of hydrogen-bond donors (Lipinski definition) is 1. The minimum absolute atomic E-state index is 0.371. The lowest BCUT2D eigenvalue weighted by molar-refractivity contribution is 0.531. The molecule has 0 aliphatic rings. The quantitative estimate of drug-likeness (QED) is 0.499. The van der Waals surface area contributed by atoms with Crippen molar-refractivity contribution >= 4 is 24.4 Å². The van der Waals surface area contributed by atoms with Crippen LogP contribution in [-0.2, 0) is 0 Å². The van der Waals surface area contributed by atoms with Crippen LogP contribution >= 0.6 is 12.2 Å². The van der Waals surface area contributed by atoms with Gasteiger partial charge in [-0.1, -0.05) is 60.3 Å². The fourth-order valence-corrected chi connectivity index (χ4v) is 1.50. The predicted molar refractivity (Wildman–Crippen MR) is 89.8 cm³/mol. The molecule has 1 N–H and O–H groups in total. The number of allylic oxidation sites excluding steroid dienone is 2. The number of oxazole rings is 1. The third-order valence-corrected chi connectivity index (χ3v) is 2.21. The number of hydrogen-bond acceptors (Lipinski definition) is 2. The third-order valence-electron chi connectivity index (χ3n) is 2.03.